The number of carbonyl (C=O) groups excluding carboxylic acids is 1. The van der Waals surface area contributed by atoms with Crippen LogP contribution in [0.1, 0.15) is 42.9 Å². The Morgan fingerprint density at radius 3 is 2.70 bits per heavy atom. The van der Waals surface area contributed by atoms with E-state index in [-0.39, 0.29) is 11.4 Å². The van der Waals surface area contributed by atoms with E-state index in [4.69, 9.17) is 4.74 Å². The van der Waals surface area contributed by atoms with E-state index in [1.165, 1.54) is 34.1 Å². The van der Waals surface area contributed by atoms with Gasteiger partial charge in [0.2, 0.25) is 0 Å². The van der Waals surface area contributed by atoms with Crippen LogP contribution in [0, 0.1) is 0 Å². The minimum absolute atomic E-state index is 0.0243. The molecule has 1 aliphatic carbocycles. The lowest BCUT2D eigenvalue weighted by Crippen LogP contribution is -2.28. The van der Waals surface area contributed by atoms with Crippen molar-refractivity contribution in [3.05, 3.63) is 76.9 Å². The van der Waals surface area contributed by atoms with E-state index in [0.29, 0.717) is 6.61 Å². The molecule has 1 atom stereocenters. The molecule has 0 radical (unpaired) electrons. The second-order valence-corrected chi connectivity index (χ2v) is 8.04. The summed E-state index contributed by atoms with van der Waals surface area (Å²) in [5, 5.41) is 2.21. The average Bonchev–Trinajstić information content (AvgIpc) is 3.25. The van der Waals surface area contributed by atoms with Gasteiger partial charge in [-0.05, 0) is 71.5 Å². The Kier molecular flexibility index (Phi) is 5.08. The summed E-state index contributed by atoms with van der Waals surface area (Å²) in [5.41, 5.74) is 5.52. The highest BCUT2D eigenvalue weighted by molar-refractivity contribution is 7.14. The first-order valence-electron chi connectivity index (χ1n) is 9.41. The maximum Gasteiger partial charge on any atom is 0.302 e. The molecule has 0 N–H and O–H groups in total. The van der Waals surface area contributed by atoms with Crippen molar-refractivity contribution in [1.29, 1.82) is 0 Å². The molecule has 0 spiro atoms. The first kappa shape index (κ1) is 17.9. The number of nitrogens with zero attached hydrogens (tertiary/aromatic N) is 1. The van der Waals surface area contributed by atoms with Crippen molar-refractivity contribution in [2.24, 2.45) is 0 Å². The molecule has 0 aliphatic heterocycles. The van der Waals surface area contributed by atoms with Gasteiger partial charge < -0.3 is 4.74 Å². The molecule has 0 fully saturated rings. The van der Waals surface area contributed by atoms with Gasteiger partial charge in [0, 0.05) is 29.6 Å². The van der Waals surface area contributed by atoms with Gasteiger partial charge >= 0.3 is 5.97 Å². The second kappa shape index (κ2) is 7.65. The van der Waals surface area contributed by atoms with Gasteiger partial charge in [-0.25, -0.2) is 0 Å². The molecule has 0 saturated heterocycles. The van der Waals surface area contributed by atoms with E-state index in [1.54, 1.807) is 0 Å². The van der Waals surface area contributed by atoms with Crippen LogP contribution in [-0.4, -0.2) is 17.6 Å². The Labute approximate surface area is 164 Å². The SMILES string of the molecule is CC(=O)OCCCCC1(Cc2ccncc2)c2ccccc2-c2sccc21. The maximum absolute atomic E-state index is 11.0. The van der Waals surface area contributed by atoms with Crippen LogP contribution < -0.4 is 0 Å². The van der Waals surface area contributed by atoms with Gasteiger partial charge in [0.15, 0.2) is 0 Å². The minimum Gasteiger partial charge on any atom is -0.466 e. The lowest BCUT2D eigenvalue weighted by Gasteiger charge is -2.32. The minimum atomic E-state index is -0.201. The van der Waals surface area contributed by atoms with Crippen LogP contribution in [0.15, 0.2) is 60.2 Å². The maximum atomic E-state index is 11.0. The molecule has 2 aromatic heterocycles. The molecule has 3 aromatic rings. The van der Waals surface area contributed by atoms with Crippen LogP contribution in [0.5, 0.6) is 0 Å². The number of benzene rings is 1. The van der Waals surface area contributed by atoms with Crippen molar-refractivity contribution >= 4 is 17.3 Å². The van der Waals surface area contributed by atoms with Gasteiger partial charge in [0.05, 0.1) is 6.61 Å². The molecule has 1 aliphatic rings. The van der Waals surface area contributed by atoms with Crippen LogP contribution in [-0.2, 0) is 21.4 Å². The molecule has 4 heteroatoms. The fourth-order valence-corrected chi connectivity index (χ4v) is 5.32. The van der Waals surface area contributed by atoms with Crippen molar-refractivity contribution in [3.8, 4) is 10.4 Å². The Hall–Kier alpha value is -2.46. The monoisotopic (exact) mass is 377 g/mol. The molecule has 27 heavy (non-hydrogen) atoms. The van der Waals surface area contributed by atoms with Gasteiger partial charge in [-0.2, -0.15) is 0 Å². The summed E-state index contributed by atoms with van der Waals surface area (Å²) in [7, 11) is 0. The largest absolute Gasteiger partial charge is 0.466 e. The highest BCUT2D eigenvalue weighted by Crippen LogP contribution is 2.55. The zero-order valence-corrected chi connectivity index (χ0v) is 16.3. The van der Waals surface area contributed by atoms with Gasteiger partial charge in [-0.15, -0.1) is 11.3 Å². The molecule has 1 unspecified atom stereocenters. The van der Waals surface area contributed by atoms with Crippen LogP contribution in [0.2, 0.25) is 0 Å². The quantitative estimate of drug-likeness (QED) is 0.409. The highest BCUT2D eigenvalue weighted by atomic mass is 32.1. The van der Waals surface area contributed by atoms with Gasteiger partial charge in [-0.3, -0.25) is 9.78 Å². The third-order valence-electron chi connectivity index (χ3n) is 5.43. The van der Waals surface area contributed by atoms with Crippen molar-refractivity contribution in [2.45, 2.75) is 38.0 Å². The van der Waals surface area contributed by atoms with Gasteiger partial charge in [0.1, 0.15) is 0 Å². The van der Waals surface area contributed by atoms with E-state index in [2.05, 4.69) is 52.8 Å². The van der Waals surface area contributed by atoms with Crippen molar-refractivity contribution in [1.82, 2.24) is 4.98 Å². The topological polar surface area (TPSA) is 39.2 Å². The predicted octanol–water partition coefficient (Wildman–Crippen LogP) is 5.39. The zero-order valence-electron chi connectivity index (χ0n) is 15.5. The molecule has 0 saturated carbocycles. The fourth-order valence-electron chi connectivity index (χ4n) is 4.28. The number of esters is 1. The number of aromatic nitrogens is 1. The number of fused-ring (bicyclic) bond motifs is 3. The number of ether oxygens (including phenoxy) is 1. The molecule has 2 heterocycles. The van der Waals surface area contributed by atoms with Gasteiger partial charge in [-0.1, -0.05) is 24.3 Å². The smallest absolute Gasteiger partial charge is 0.302 e. The third kappa shape index (κ3) is 3.42. The van der Waals surface area contributed by atoms with Crippen LogP contribution in [0.4, 0.5) is 0 Å². The molecule has 0 amide bonds. The molecule has 4 rings (SSSR count). The van der Waals surface area contributed by atoms with Gasteiger partial charge in [0.25, 0.3) is 0 Å². The summed E-state index contributed by atoms with van der Waals surface area (Å²) in [4.78, 5) is 16.6. The predicted molar refractivity (Wildman–Crippen MR) is 109 cm³/mol. The Morgan fingerprint density at radius 2 is 1.89 bits per heavy atom. The lowest BCUT2D eigenvalue weighted by atomic mass is 9.71. The van der Waals surface area contributed by atoms with Crippen molar-refractivity contribution < 1.29 is 9.53 Å². The Bertz CT molecular complexity index is 934. The summed E-state index contributed by atoms with van der Waals surface area (Å²) in [6, 6.07) is 15.3. The summed E-state index contributed by atoms with van der Waals surface area (Å²) >= 11 is 1.83. The third-order valence-corrected chi connectivity index (χ3v) is 6.37. The highest BCUT2D eigenvalue weighted by Gasteiger charge is 2.43. The molecular formula is C23H23NO2S. The number of hydrogen-bond acceptors (Lipinski definition) is 4. The summed E-state index contributed by atoms with van der Waals surface area (Å²) in [6.45, 7) is 1.97. The zero-order chi connectivity index (χ0) is 18.7. The molecule has 138 valence electrons. The number of thiophene rings is 1. The average molecular weight is 378 g/mol. The lowest BCUT2D eigenvalue weighted by molar-refractivity contribution is -0.141. The molecule has 3 nitrogen and oxygen atoms in total. The van der Waals surface area contributed by atoms with E-state index < -0.39 is 0 Å². The van der Waals surface area contributed by atoms with Crippen LogP contribution in [0.3, 0.4) is 0 Å². The molecular weight excluding hydrogens is 354 g/mol. The first-order valence-corrected chi connectivity index (χ1v) is 10.3. The Balaban J connectivity index is 1.68. The second-order valence-electron chi connectivity index (χ2n) is 7.12. The number of unbranched alkanes of at least 4 members (excludes halogenated alkanes) is 1. The number of rotatable bonds is 7. The van der Waals surface area contributed by atoms with E-state index in [0.717, 1.165) is 25.7 Å². The number of pyridine rings is 1. The molecule has 0 bridgehead atoms. The van der Waals surface area contributed by atoms with Crippen LogP contribution >= 0.6 is 11.3 Å². The van der Waals surface area contributed by atoms with Crippen molar-refractivity contribution in [3.63, 3.8) is 0 Å². The fraction of sp³-hybridized carbons (Fsp3) is 0.304. The van der Waals surface area contributed by atoms with E-state index in [9.17, 15) is 4.79 Å². The number of hydrogen-bond donors (Lipinski definition) is 0. The summed E-state index contributed by atoms with van der Waals surface area (Å²) in [6.07, 6.45) is 7.65. The van der Waals surface area contributed by atoms with Crippen molar-refractivity contribution in [2.75, 3.05) is 6.61 Å². The van der Waals surface area contributed by atoms with E-state index >= 15 is 0 Å². The van der Waals surface area contributed by atoms with E-state index in [1.807, 2.05) is 23.7 Å². The number of carbonyl (C=O) groups is 1. The Morgan fingerprint density at radius 1 is 1.07 bits per heavy atom. The first-order chi connectivity index (χ1) is 13.2. The van der Waals surface area contributed by atoms with Crippen LogP contribution in [0.25, 0.3) is 10.4 Å². The molecule has 1 aromatic carbocycles. The normalized spacial score (nSPS) is 17.4. The summed E-state index contributed by atoms with van der Waals surface area (Å²) in [5.74, 6) is -0.201. The summed E-state index contributed by atoms with van der Waals surface area (Å²) < 4.78 is 5.14. The standard InChI is InChI=1S/C23H23NO2S/c1-17(25)26-14-5-4-11-23(16-18-8-12-24-13-9-18)20-7-3-2-6-19(20)22-21(23)10-15-27-22/h2-3,6-10,12-13,15H,4-5,11,14,16H2,1H3.